The summed E-state index contributed by atoms with van der Waals surface area (Å²) in [7, 11) is 3.62. The Balaban J connectivity index is 2.01. The highest BCUT2D eigenvalue weighted by Crippen LogP contribution is 2.40. The topological polar surface area (TPSA) is 77.4 Å². The number of rotatable bonds is 5. The van der Waals surface area contributed by atoms with Gasteiger partial charge in [0.1, 0.15) is 6.10 Å². The van der Waals surface area contributed by atoms with Crippen LogP contribution in [0.4, 0.5) is 0 Å². The number of ether oxygens (including phenoxy) is 3. The van der Waals surface area contributed by atoms with Crippen LogP contribution in [0.5, 0.6) is 17.2 Å². The lowest BCUT2D eigenvalue weighted by Crippen LogP contribution is -2.28. The zero-order valence-corrected chi connectivity index (χ0v) is 13.8. The second kappa shape index (κ2) is 6.72. The van der Waals surface area contributed by atoms with Crippen molar-refractivity contribution in [3.05, 3.63) is 47.0 Å². The molecule has 1 heterocycles. The average molecular weight is 330 g/mol. The summed E-state index contributed by atoms with van der Waals surface area (Å²) in [5.74, 6) is 1.40. The van der Waals surface area contributed by atoms with Gasteiger partial charge in [0.25, 0.3) is 0 Å². The summed E-state index contributed by atoms with van der Waals surface area (Å²) in [6.45, 7) is 0.372. The van der Waals surface area contributed by atoms with Crippen LogP contribution < -0.4 is 19.7 Å². The maximum atomic E-state index is 10.7. The van der Waals surface area contributed by atoms with Crippen LogP contribution >= 0.6 is 0 Å². The fourth-order valence-electron chi connectivity index (χ4n) is 2.86. The van der Waals surface area contributed by atoms with Crippen LogP contribution in [0.2, 0.25) is 0 Å². The molecule has 3 rings (SSSR count). The Kier molecular flexibility index (Phi) is 4.66. The third-order valence-electron chi connectivity index (χ3n) is 4.15. The molecule has 2 N–H and O–H groups in total. The third kappa shape index (κ3) is 2.82. The SMILES string of the molecule is COc1cc(C(O)c2ccc3c(c2)B(O)OC3)cc(OC)c1OC. The van der Waals surface area contributed by atoms with Crippen LogP contribution in [0, 0.1) is 0 Å². The van der Waals surface area contributed by atoms with Crippen LogP contribution in [0.3, 0.4) is 0 Å². The lowest BCUT2D eigenvalue weighted by molar-refractivity contribution is 0.218. The summed E-state index contributed by atoms with van der Waals surface area (Å²) in [4.78, 5) is 0. The van der Waals surface area contributed by atoms with Gasteiger partial charge in [-0.2, -0.15) is 0 Å². The molecule has 7 heteroatoms. The van der Waals surface area contributed by atoms with Gasteiger partial charge in [-0.15, -0.1) is 0 Å². The van der Waals surface area contributed by atoms with Gasteiger partial charge >= 0.3 is 7.12 Å². The van der Waals surface area contributed by atoms with E-state index >= 15 is 0 Å². The minimum atomic E-state index is -0.952. The van der Waals surface area contributed by atoms with Crippen LogP contribution in [-0.4, -0.2) is 38.6 Å². The molecule has 6 nitrogen and oxygen atoms in total. The van der Waals surface area contributed by atoms with Crippen molar-refractivity contribution in [2.75, 3.05) is 21.3 Å². The first-order valence-corrected chi connectivity index (χ1v) is 7.49. The van der Waals surface area contributed by atoms with Crippen LogP contribution in [0.1, 0.15) is 22.8 Å². The quantitative estimate of drug-likeness (QED) is 0.797. The van der Waals surface area contributed by atoms with Gasteiger partial charge in [-0.3, -0.25) is 0 Å². The van der Waals surface area contributed by atoms with Gasteiger partial charge in [-0.1, -0.05) is 18.2 Å². The zero-order valence-electron chi connectivity index (χ0n) is 13.8. The zero-order chi connectivity index (χ0) is 17.3. The van der Waals surface area contributed by atoms with E-state index in [-0.39, 0.29) is 0 Å². The number of hydrogen-bond donors (Lipinski definition) is 2. The molecule has 0 saturated carbocycles. The first-order valence-electron chi connectivity index (χ1n) is 7.49. The highest BCUT2D eigenvalue weighted by molar-refractivity contribution is 6.61. The number of benzene rings is 2. The van der Waals surface area contributed by atoms with Crippen molar-refractivity contribution in [2.24, 2.45) is 0 Å². The largest absolute Gasteiger partial charge is 0.493 e. The van der Waals surface area contributed by atoms with Crippen LogP contribution in [0.15, 0.2) is 30.3 Å². The molecule has 24 heavy (non-hydrogen) atoms. The van der Waals surface area contributed by atoms with E-state index < -0.39 is 13.2 Å². The summed E-state index contributed by atoms with van der Waals surface area (Å²) in [6, 6.07) is 8.81. The maximum Gasteiger partial charge on any atom is 0.491 e. The Hall–Kier alpha value is -2.22. The van der Waals surface area contributed by atoms with Crippen LogP contribution in [-0.2, 0) is 11.3 Å². The van der Waals surface area contributed by atoms with E-state index in [4.69, 9.17) is 18.9 Å². The van der Waals surface area contributed by atoms with Crippen molar-refractivity contribution in [2.45, 2.75) is 12.7 Å². The number of aliphatic hydroxyl groups is 1. The summed E-state index contributed by atoms with van der Waals surface area (Å²) < 4.78 is 21.1. The van der Waals surface area contributed by atoms with Crippen molar-refractivity contribution in [1.82, 2.24) is 0 Å². The molecule has 0 spiro atoms. The maximum absolute atomic E-state index is 10.7. The summed E-state index contributed by atoms with van der Waals surface area (Å²) in [6.07, 6.45) is -0.906. The van der Waals surface area contributed by atoms with Crippen molar-refractivity contribution in [1.29, 1.82) is 0 Å². The Bertz CT molecular complexity index is 723. The van der Waals surface area contributed by atoms with Gasteiger partial charge in [-0.05, 0) is 34.3 Å². The van der Waals surface area contributed by atoms with Crippen molar-refractivity contribution in [3.8, 4) is 17.2 Å². The fraction of sp³-hybridized carbons (Fsp3) is 0.294. The second-order valence-electron chi connectivity index (χ2n) is 5.48. The number of hydrogen-bond acceptors (Lipinski definition) is 6. The van der Waals surface area contributed by atoms with Gasteiger partial charge in [0, 0.05) is 0 Å². The van der Waals surface area contributed by atoms with E-state index in [1.54, 1.807) is 18.2 Å². The van der Waals surface area contributed by atoms with E-state index in [1.807, 2.05) is 12.1 Å². The molecule has 0 saturated heterocycles. The van der Waals surface area contributed by atoms with Gasteiger partial charge in [0.05, 0.1) is 27.9 Å². The smallest absolute Gasteiger partial charge is 0.491 e. The minimum Gasteiger partial charge on any atom is -0.493 e. The molecule has 1 aliphatic heterocycles. The molecule has 0 amide bonds. The molecule has 2 aromatic rings. The van der Waals surface area contributed by atoms with Crippen LogP contribution in [0.25, 0.3) is 0 Å². The Morgan fingerprint density at radius 3 is 2.25 bits per heavy atom. The summed E-state index contributed by atoms with van der Waals surface area (Å²) in [5, 5.41) is 20.6. The fourth-order valence-corrected chi connectivity index (χ4v) is 2.86. The lowest BCUT2D eigenvalue weighted by atomic mass is 9.78. The molecule has 0 radical (unpaired) electrons. The predicted octanol–water partition coefficient (Wildman–Crippen LogP) is 1.01. The molecule has 1 unspecified atom stereocenters. The Morgan fingerprint density at radius 1 is 1.00 bits per heavy atom. The first kappa shape index (κ1) is 16.6. The normalized spacial score (nSPS) is 14.3. The molecule has 0 bridgehead atoms. The molecular weight excluding hydrogens is 311 g/mol. The van der Waals surface area contributed by atoms with E-state index in [2.05, 4.69) is 0 Å². The van der Waals surface area contributed by atoms with Crippen molar-refractivity contribution >= 4 is 12.6 Å². The predicted molar refractivity (Wildman–Crippen MR) is 89.0 cm³/mol. The highest BCUT2D eigenvalue weighted by atomic mass is 16.5. The van der Waals surface area contributed by atoms with E-state index in [9.17, 15) is 10.1 Å². The number of fused-ring (bicyclic) bond motifs is 1. The summed E-state index contributed by atoms with van der Waals surface area (Å²) in [5.41, 5.74) is 2.84. The Morgan fingerprint density at radius 2 is 1.67 bits per heavy atom. The summed E-state index contributed by atoms with van der Waals surface area (Å²) >= 11 is 0. The first-order chi connectivity index (χ1) is 11.6. The molecule has 0 aliphatic carbocycles. The molecule has 2 aromatic carbocycles. The third-order valence-corrected chi connectivity index (χ3v) is 4.15. The van der Waals surface area contributed by atoms with Crippen molar-refractivity contribution < 1.29 is 29.0 Å². The van der Waals surface area contributed by atoms with E-state index in [0.29, 0.717) is 40.4 Å². The number of aliphatic hydroxyl groups excluding tert-OH is 1. The highest BCUT2D eigenvalue weighted by Gasteiger charge is 2.28. The molecule has 0 fully saturated rings. The second-order valence-corrected chi connectivity index (χ2v) is 5.48. The van der Waals surface area contributed by atoms with Gasteiger partial charge in [0.2, 0.25) is 5.75 Å². The number of methoxy groups -OCH3 is 3. The molecular formula is C17H19BO6. The molecule has 1 aliphatic rings. The standard InChI is InChI=1S/C17H19BO6/c1-21-14-7-12(8-15(22-2)17(14)23-3)16(19)10-4-5-11-9-24-18(20)13(11)6-10/h4-8,16,19-20H,9H2,1-3H3. The lowest BCUT2D eigenvalue weighted by Gasteiger charge is -2.18. The molecule has 0 aromatic heterocycles. The minimum absolute atomic E-state index is 0.372. The van der Waals surface area contributed by atoms with E-state index in [0.717, 1.165) is 5.56 Å². The van der Waals surface area contributed by atoms with Crippen molar-refractivity contribution in [3.63, 3.8) is 0 Å². The monoisotopic (exact) mass is 330 g/mol. The average Bonchev–Trinajstić information content (AvgIpc) is 3.00. The molecule has 1 atom stereocenters. The Labute approximate surface area is 140 Å². The van der Waals surface area contributed by atoms with E-state index in [1.165, 1.54) is 21.3 Å². The van der Waals surface area contributed by atoms with Gasteiger partial charge in [0.15, 0.2) is 11.5 Å². The van der Waals surface area contributed by atoms with Gasteiger partial charge in [-0.25, -0.2) is 0 Å². The molecule has 126 valence electrons. The van der Waals surface area contributed by atoms with Gasteiger partial charge < -0.3 is 29.0 Å².